The highest BCUT2D eigenvalue weighted by Crippen LogP contribution is 2.38. The fourth-order valence-electron chi connectivity index (χ4n) is 4.32. The van der Waals surface area contributed by atoms with Crippen LogP contribution in [0.2, 0.25) is 0 Å². The van der Waals surface area contributed by atoms with Crippen molar-refractivity contribution in [2.75, 3.05) is 26.3 Å². The molecule has 6 nitrogen and oxygen atoms in total. The molecule has 0 radical (unpaired) electrons. The van der Waals surface area contributed by atoms with Crippen LogP contribution >= 0.6 is 23.7 Å². The Hall–Kier alpha value is -1.83. The number of carbonyl (C=O) groups excluding carboxylic acids is 1. The van der Waals surface area contributed by atoms with E-state index in [1.807, 2.05) is 28.5 Å². The predicted octanol–water partition coefficient (Wildman–Crippen LogP) is 2.81. The summed E-state index contributed by atoms with van der Waals surface area (Å²) in [6.07, 6.45) is 2.22. The van der Waals surface area contributed by atoms with Crippen molar-refractivity contribution in [1.82, 2.24) is 9.88 Å². The summed E-state index contributed by atoms with van der Waals surface area (Å²) in [6, 6.07) is 6.03. The second-order valence-electron chi connectivity index (χ2n) is 7.27. The third-order valence-corrected chi connectivity index (χ3v) is 6.60. The molecular weight excluding hydrogens is 386 g/mol. The summed E-state index contributed by atoms with van der Waals surface area (Å²) >= 11 is 1.48. The third-order valence-electron chi connectivity index (χ3n) is 5.71. The Kier molecular flexibility index (Phi) is 5.01. The van der Waals surface area contributed by atoms with E-state index in [1.165, 1.54) is 11.3 Å². The first-order chi connectivity index (χ1) is 12.7. The van der Waals surface area contributed by atoms with Gasteiger partial charge in [-0.15, -0.1) is 23.7 Å². The molecular formula is C19H22ClN3O3S. The Morgan fingerprint density at radius 1 is 1.19 bits per heavy atom. The molecule has 3 unspecified atom stereocenters. The topological polar surface area (TPSA) is 77.7 Å². The number of aromatic nitrogens is 1. The van der Waals surface area contributed by atoms with Crippen LogP contribution in [0.25, 0.3) is 10.6 Å². The molecule has 27 heavy (non-hydrogen) atoms. The van der Waals surface area contributed by atoms with Gasteiger partial charge in [0.25, 0.3) is 5.91 Å². The van der Waals surface area contributed by atoms with Crippen LogP contribution in [0.1, 0.15) is 23.3 Å². The first-order valence-electron chi connectivity index (χ1n) is 9.09. The number of rotatable bonds is 2. The third kappa shape index (κ3) is 3.28. The van der Waals surface area contributed by atoms with Crippen molar-refractivity contribution in [2.45, 2.75) is 18.9 Å². The molecule has 2 aromatic rings. The number of hydrogen-bond donors (Lipinski definition) is 1. The average Bonchev–Trinajstić information content (AvgIpc) is 3.38. The Balaban J connectivity index is 0.00000180. The summed E-state index contributed by atoms with van der Waals surface area (Å²) in [5, 5.41) is 2.67. The van der Waals surface area contributed by atoms with E-state index < -0.39 is 0 Å². The molecule has 1 amide bonds. The number of nitrogens with zero attached hydrogens (tertiary/aromatic N) is 2. The van der Waals surface area contributed by atoms with E-state index in [9.17, 15) is 4.79 Å². The van der Waals surface area contributed by atoms with Gasteiger partial charge in [-0.3, -0.25) is 4.79 Å². The van der Waals surface area contributed by atoms with Gasteiger partial charge in [0.05, 0.1) is 0 Å². The minimum atomic E-state index is 0. The quantitative estimate of drug-likeness (QED) is 0.828. The molecule has 144 valence electrons. The van der Waals surface area contributed by atoms with Gasteiger partial charge in [0.2, 0.25) is 0 Å². The maximum atomic E-state index is 12.8. The van der Waals surface area contributed by atoms with Crippen LogP contribution in [0.4, 0.5) is 0 Å². The maximum absolute atomic E-state index is 12.8. The lowest BCUT2D eigenvalue weighted by molar-refractivity contribution is 0.0774. The zero-order valence-electron chi connectivity index (χ0n) is 14.8. The number of benzene rings is 1. The van der Waals surface area contributed by atoms with Crippen molar-refractivity contribution < 1.29 is 14.3 Å². The van der Waals surface area contributed by atoms with Crippen LogP contribution in [-0.2, 0) is 0 Å². The Bertz CT molecular complexity index is 858. The van der Waals surface area contributed by atoms with Crippen molar-refractivity contribution in [1.29, 1.82) is 0 Å². The minimum absolute atomic E-state index is 0. The molecule has 1 saturated carbocycles. The van der Waals surface area contributed by atoms with Gasteiger partial charge in [0.1, 0.15) is 23.9 Å². The van der Waals surface area contributed by atoms with E-state index in [0.29, 0.717) is 30.7 Å². The largest absolute Gasteiger partial charge is 0.486 e. The minimum Gasteiger partial charge on any atom is -0.486 e. The molecule has 0 bridgehead atoms. The van der Waals surface area contributed by atoms with Crippen LogP contribution in [0.3, 0.4) is 0 Å². The summed E-state index contributed by atoms with van der Waals surface area (Å²) in [5.74, 6) is 2.53. The van der Waals surface area contributed by atoms with Gasteiger partial charge >= 0.3 is 0 Å². The van der Waals surface area contributed by atoms with E-state index in [-0.39, 0.29) is 24.4 Å². The number of hydrogen-bond acceptors (Lipinski definition) is 6. The molecule has 8 heteroatoms. The molecule has 5 rings (SSSR count). The molecule has 2 N–H and O–H groups in total. The van der Waals surface area contributed by atoms with Gasteiger partial charge in [-0.2, -0.15) is 0 Å². The number of likely N-dealkylation sites (tertiary alicyclic amines) is 1. The lowest BCUT2D eigenvalue weighted by Crippen LogP contribution is -2.33. The number of carbonyl (C=O) groups is 1. The highest BCUT2D eigenvalue weighted by molar-refractivity contribution is 7.13. The molecule has 3 atom stereocenters. The number of ether oxygens (including phenoxy) is 2. The van der Waals surface area contributed by atoms with Gasteiger partial charge in [-0.1, -0.05) is 0 Å². The smallest absolute Gasteiger partial charge is 0.273 e. The summed E-state index contributed by atoms with van der Waals surface area (Å²) in [6.45, 7) is 2.71. The summed E-state index contributed by atoms with van der Waals surface area (Å²) in [7, 11) is 0. The fourth-order valence-corrected chi connectivity index (χ4v) is 5.11. The lowest BCUT2D eigenvalue weighted by atomic mass is 9.98. The number of nitrogens with two attached hydrogens (primary N) is 1. The number of thiazole rings is 1. The van der Waals surface area contributed by atoms with Crippen molar-refractivity contribution in [3.8, 4) is 22.1 Å². The van der Waals surface area contributed by atoms with Crippen LogP contribution < -0.4 is 15.2 Å². The van der Waals surface area contributed by atoms with E-state index in [1.54, 1.807) is 0 Å². The monoisotopic (exact) mass is 407 g/mol. The van der Waals surface area contributed by atoms with Crippen LogP contribution in [-0.4, -0.2) is 48.1 Å². The van der Waals surface area contributed by atoms with Crippen LogP contribution in [0, 0.1) is 11.8 Å². The van der Waals surface area contributed by atoms with Gasteiger partial charge in [0.15, 0.2) is 11.5 Å². The van der Waals surface area contributed by atoms with Crippen molar-refractivity contribution in [2.24, 2.45) is 17.6 Å². The SMILES string of the molecule is Cl.NC1CCC2CN(C(=O)c3csc(-c4ccc5c(c4)OCCO5)n3)CC12. The van der Waals surface area contributed by atoms with Gasteiger partial charge in [-0.05, 0) is 42.9 Å². The number of amides is 1. The molecule has 1 aliphatic carbocycles. The zero-order valence-corrected chi connectivity index (χ0v) is 16.4. The van der Waals surface area contributed by atoms with Crippen LogP contribution in [0.5, 0.6) is 11.5 Å². The molecule has 1 saturated heterocycles. The van der Waals surface area contributed by atoms with Crippen LogP contribution in [0.15, 0.2) is 23.6 Å². The zero-order chi connectivity index (χ0) is 17.7. The van der Waals surface area contributed by atoms with E-state index in [4.69, 9.17) is 15.2 Å². The maximum Gasteiger partial charge on any atom is 0.273 e. The predicted molar refractivity (Wildman–Crippen MR) is 106 cm³/mol. The molecule has 2 fully saturated rings. The Morgan fingerprint density at radius 2 is 2.00 bits per heavy atom. The highest BCUT2D eigenvalue weighted by atomic mass is 35.5. The second kappa shape index (κ2) is 7.30. The normalized spacial score (nSPS) is 25.8. The summed E-state index contributed by atoms with van der Waals surface area (Å²) < 4.78 is 11.2. The number of halogens is 1. The fraction of sp³-hybridized carbons (Fsp3) is 0.474. The van der Waals surface area contributed by atoms with Crippen molar-refractivity contribution in [3.63, 3.8) is 0 Å². The Morgan fingerprint density at radius 3 is 2.81 bits per heavy atom. The van der Waals surface area contributed by atoms with Crippen molar-refractivity contribution >= 4 is 29.7 Å². The van der Waals surface area contributed by atoms with Crippen molar-refractivity contribution in [3.05, 3.63) is 29.3 Å². The van der Waals surface area contributed by atoms with E-state index in [2.05, 4.69) is 4.98 Å². The summed E-state index contributed by atoms with van der Waals surface area (Å²) in [4.78, 5) is 19.4. The summed E-state index contributed by atoms with van der Waals surface area (Å²) in [5.41, 5.74) is 7.65. The van der Waals surface area contributed by atoms with E-state index >= 15 is 0 Å². The first-order valence-corrected chi connectivity index (χ1v) is 9.97. The molecule has 2 aliphatic heterocycles. The standard InChI is InChI=1S/C19H21N3O3S.ClH/c20-14-3-1-12-8-22(9-13(12)14)19(23)15-10-26-18(21-15)11-2-4-16-17(7-11)25-6-5-24-16;/h2,4,7,10,12-14H,1,3,5-6,8-9,20H2;1H. The van der Waals surface area contributed by atoms with Gasteiger partial charge < -0.3 is 20.1 Å². The number of fused-ring (bicyclic) bond motifs is 2. The Labute approximate surface area is 168 Å². The van der Waals surface area contributed by atoms with Gasteiger partial charge in [0, 0.05) is 30.1 Å². The van der Waals surface area contributed by atoms with Gasteiger partial charge in [-0.25, -0.2) is 4.98 Å². The molecule has 3 aliphatic rings. The molecule has 3 heterocycles. The first kappa shape index (κ1) is 18.5. The second-order valence-corrected chi connectivity index (χ2v) is 8.13. The van der Waals surface area contributed by atoms with E-state index in [0.717, 1.165) is 48.0 Å². The highest BCUT2D eigenvalue weighted by Gasteiger charge is 2.42. The molecule has 1 aromatic heterocycles. The molecule has 0 spiro atoms. The average molecular weight is 408 g/mol. The molecule has 1 aromatic carbocycles. The lowest BCUT2D eigenvalue weighted by Gasteiger charge is -2.18.